The summed E-state index contributed by atoms with van der Waals surface area (Å²) in [6, 6.07) is 0.512. The van der Waals surface area contributed by atoms with Crippen molar-refractivity contribution in [1.29, 1.82) is 0 Å². The molecular weight excluding hydrogens is 402 g/mol. The van der Waals surface area contributed by atoms with E-state index in [9.17, 15) is 0 Å². The van der Waals surface area contributed by atoms with Gasteiger partial charge in [-0.2, -0.15) is 0 Å². The Morgan fingerprint density at radius 2 is 1.12 bits per heavy atom. The SMILES string of the molecule is CC1CCN(C)CCCN(C)CCCN(C)CCC[N-]1.[Cl][Ti+]([Cl])[Cl]. The number of rotatable bonds is 0. The van der Waals surface area contributed by atoms with Crippen LogP contribution in [0.2, 0.25) is 0 Å². The molecule has 0 aliphatic carbocycles. The molecule has 1 saturated heterocycles. The zero-order chi connectivity index (χ0) is 18.4. The van der Waals surface area contributed by atoms with E-state index in [1.165, 1.54) is 65.0 Å². The van der Waals surface area contributed by atoms with E-state index in [0.717, 1.165) is 6.54 Å². The van der Waals surface area contributed by atoms with Crippen LogP contribution in [0.5, 0.6) is 0 Å². The van der Waals surface area contributed by atoms with Gasteiger partial charge in [0.25, 0.3) is 0 Å². The van der Waals surface area contributed by atoms with Gasteiger partial charge in [0, 0.05) is 0 Å². The van der Waals surface area contributed by atoms with E-state index in [1.807, 2.05) is 0 Å². The van der Waals surface area contributed by atoms with Gasteiger partial charge in [-0.15, -0.1) is 12.6 Å². The zero-order valence-corrected chi connectivity index (χ0v) is 19.6. The quantitative estimate of drug-likeness (QED) is 0.531. The minimum atomic E-state index is -1.92. The molecule has 144 valence electrons. The van der Waals surface area contributed by atoms with E-state index in [2.05, 4.69) is 42.8 Å². The Morgan fingerprint density at radius 1 is 0.750 bits per heavy atom. The topological polar surface area (TPSA) is 23.8 Å². The molecule has 4 nitrogen and oxygen atoms in total. The summed E-state index contributed by atoms with van der Waals surface area (Å²) in [6.07, 6.45) is 4.94. The first-order chi connectivity index (χ1) is 11.3. The van der Waals surface area contributed by atoms with E-state index < -0.39 is 14.7 Å². The zero-order valence-electron chi connectivity index (χ0n) is 15.8. The molecule has 1 heterocycles. The van der Waals surface area contributed by atoms with Crippen LogP contribution in [0.25, 0.3) is 5.32 Å². The molecule has 0 N–H and O–H groups in total. The van der Waals surface area contributed by atoms with Crippen LogP contribution in [0.3, 0.4) is 0 Å². The predicted molar refractivity (Wildman–Crippen MR) is 106 cm³/mol. The Hall–Kier alpha value is 1.42. The van der Waals surface area contributed by atoms with Gasteiger partial charge in [-0.05, 0) is 73.3 Å². The van der Waals surface area contributed by atoms with Gasteiger partial charge in [0.2, 0.25) is 0 Å². The van der Waals surface area contributed by atoms with Crippen molar-refractivity contribution in [2.45, 2.75) is 38.6 Å². The van der Waals surface area contributed by atoms with Gasteiger partial charge in [-0.3, -0.25) is 0 Å². The third kappa shape index (κ3) is 18.2. The van der Waals surface area contributed by atoms with Crippen molar-refractivity contribution in [2.75, 3.05) is 67.0 Å². The second kappa shape index (κ2) is 16.6. The van der Waals surface area contributed by atoms with Gasteiger partial charge in [0.15, 0.2) is 0 Å². The predicted octanol–water partition coefficient (Wildman–Crippen LogP) is 4.18. The number of halogens is 3. The summed E-state index contributed by atoms with van der Waals surface area (Å²) in [7, 11) is 21.6. The summed E-state index contributed by atoms with van der Waals surface area (Å²) in [5, 5.41) is 4.77. The van der Waals surface area contributed by atoms with Crippen molar-refractivity contribution in [2.24, 2.45) is 0 Å². The van der Waals surface area contributed by atoms with E-state index in [-0.39, 0.29) is 0 Å². The maximum atomic E-state index is 4.97. The Balaban J connectivity index is 0.00000118. The molecule has 0 aromatic carbocycles. The van der Waals surface area contributed by atoms with E-state index in [0.29, 0.717) is 6.04 Å². The monoisotopic (exact) mass is 436 g/mol. The normalized spacial score (nSPS) is 24.9. The van der Waals surface area contributed by atoms with Crippen molar-refractivity contribution in [3.05, 3.63) is 5.32 Å². The molecule has 24 heavy (non-hydrogen) atoms. The number of hydrogen-bond donors (Lipinski definition) is 0. The summed E-state index contributed by atoms with van der Waals surface area (Å²) >= 11 is -1.92. The summed E-state index contributed by atoms with van der Waals surface area (Å²) in [5.74, 6) is 0. The second-order valence-corrected chi connectivity index (χ2v) is 14.5. The van der Waals surface area contributed by atoms with Crippen LogP contribution in [0.15, 0.2) is 0 Å². The summed E-state index contributed by atoms with van der Waals surface area (Å²) in [5.41, 5.74) is 0. The average molecular weight is 438 g/mol. The molecular formula is C16H35Cl3N4Ti. The van der Waals surface area contributed by atoms with Crippen molar-refractivity contribution >= 4 is 27.9 Å². The van der Waals surface area contributed by atoms with Crippen LogP contribution < -0.4 is 0 Å². The molecule has 1 fully saturated rings. The molecule has 0 saturated carbocycles. The summed E-state index contributed by atoms with van der Waals surface area (Å²) in [6.45, 7) is 10.5. The van der Waals surface area contributed by atoms with Crippen LogP contribution in [-0.2, 0) is 14.7 Å². The molecule has 0 aromatic rings. The van der Waals surface area contributed by atoms with Gasteiger partial charge < -0.3 is 20.0 Å². The third-order valence-corrected chi connectivity index (χ3v) is 4.23. The molecule has 1 unspecified atom stereocenters. The summed E-state index contributed by atoms with van der Waals surface area (Å²) < 4.78 is 0. The molecule has 1 aliphatic rings. The maximum absolute atomic E-state index is 4.97. The van der Waals surface area contributed by atoms with Crippen molar-refractivity contribution in [3.63, 3.8) is 0 Å². The van der Waals surface area contributed by atoms with Gasteiger partial charge in [0.05, 0.1) is 0 Å². The van der Waals surface area contributed by atoms with Crippen molar-refractivity contribution < 1.29 is 14.7 Å². The van der Waals surface area contributed by atoms with Gasteiger partial charge in [-0.1, -0.05) is 19.8 Å². The van der Waals surface area contributed by atoms with Gasteiger partial charge in [0.1, 0.15) is 0 Å². The fourth-order valence-electron chi connectivity index (χ4n) is 2.71. The summed E-state index contributed by atoms with van der Waals surface area (Å²) in [4.78, 5) is 7.39. The minimum absolute atomic E-state index is 0.512. The first-order valence-electron chi connectivity index (χ1n) is 8.87. The van der Waals surface area contributed by atoms with Crippen LogP contribution in [0.4, 0.5) is 0 Å². The van der Waals surface area contributed by atoms with Gasteiger partial charge >= 0.3 is 42.6 Å². The van der Waals surface area contributed by atoms with Crippen LogP contribution >= 0.6 is 27.9 Å². The fourth-order valence-corrected chi connectivity index (χ4v) is 2.71. The first kappa shape index (κ1) is 25.4. The van der Waals surface area contributed by atoms with E-state index in [1.54, 1.807) is 0 Å². The number of nitrogens with zero attached hydrogens (tertiary/aromatic N) is 4. The molecule has 0 radical (unpaired) electrons. The molecule has 1 aliphatic heterocycles. The molecule has 0 spiro atoms. The van der Waals surface area contributed by atoms with Crippen molar-refractivity contribution in [1.82, 2.24) is 14.7 Å². The number of hydrogen-bond acceptors (Lipinski definition) is 3. The Kier molecular flexibility index (Phi) is 17.6. The third-order valence-electron chi connectivity index (χ3n) is 4.23. The van der Waals surface area contributed by atoms with Crippen LogP contribution in [-0.4, -0.2) is 87.7 Å². The van der Waals surface area contributed by atoms with Gasteiger partial charge in [-0.25, -0.2) is 0 Å². The van der Waals surface area contributed by atoms with E-state index >= 15 is 0 Å². The molecule has 0 bridgehead atoms. The molecule has 8 heteroatoms. The Bertz CT molecular complexity index is 285. The molecule has 0 aromatic heterocycles. The molecule has 0 amide bonds. The van der Waals surface area contributed by atoms with Crippen molar-refractivity contribution in [3.8, 4) is 0 Å². The average Bonchev–Trinajstić information content (AvgIpc) is 2.48. The molecule has 1 rings (SSSR count). The van der Waals surface area contributed by atoms with Crippen LogP contribution in [0, 0.1) is 0 Å². The van der Waals surface area contributed by atoms with Crippen LogP contribution in [0.1, 0.15) is 32.6 Å². The second-order valence-electron chi connectivity index (χ2n) is 6.73. The standard InChI is InChI=1S/C16H35N4.3ClH.Ti/c1-16-8-15-20(4)14-7-13-19(3)12-6-11-18(2)10-5-9-17-16;;;;/h16H,5-15H2,1-4H3;3*1H;/q-1;;;;+4/p-3. The first-order valence-corrected chi connectivity index (χ1v) is 15.3. The van der Waals surface area contributed by atoms with E-state index in [4.69, 9.17) is 33.2 Å². The molecule has 1 atom stereocenters. The fraction of sp³-hybridized carbons (Fsp3) is 1.00. The Morgan fingerprint density at radius 3 is 1.58 bits per heavy atom. The Labute approximate surface area is 167 Å².